The number of carbonyl (C=O) groups is 1. The van der Waals surface area contributed by atoms with Crippen LogP contribution in [0.15, 0.2) is 75.7 Å². The highest BCUT2D eigenvalue weighted by Crippen LogP contribution is 2.37. The van der Waals surface area contributed by atoms with E-state index in [2.05, 4.69) is 31.8 Å². The molecule has 1 unspecified atom stereocenters. The Morgan fingerprint density at radius 1 is 1.06 bits per heavy atom. The lowest BCUT2D eigenvalue weighted by atomic mass is 10.0. The van der Waals surface area contributed by atoms with Gasteiger partial charge in [-0.1, -0.05) is 55.8 Å². The van der Waals surface area contributed by atoms with Crippen LogP contribution >= 0.6 is 12.6 Å². The number of nitriles is 1. The highest BCUT2D eigenvalue weighted by Gasteiger charge is 2.35. The molecule has 1 amide bonds. The van der Waals surface area contributed by atoms with Crippen molar-refractivity contribution < 1.29 is 9.21 Å². The number of amides is 1. The average molecular weight is 430 g/mol. The van der Waals surface area contributed by atoms with Gasteiger partial charge in [0.1, 0.15) is 23.2 Å². The van der Waals surface area contributed by atoms with Crippen LogP contribution in [0.2, 0.25) is 0 Å². The molecule has 2 aromatic carbocycles. The van der Waals surface area contributed by atoms with Gasteiger partial charge in [0.15, 0.2) is 6.17 Å². The molecule has 0 aliphatic carbocycles. The number of rotatable bonds is 4. The highest BCUT2D eigenvalue weighted by molar-refractivity contribution is 7.84. The molecule has 156 valence electrons. The van der Waals surface area contributed by atoms with Crippen LogP contribution in [0.5, 0.6) is 0 Å². The van der Waals surface area contributed by atoms with Gasteiger partial charge in [0.25, 0.3) is 5.91 Å². The van der Waals surface area contributed by atoms with Crippen molar-refractivity contribution in [2.45, 2.75) is 32.9 Å². The van der Waals surface area contributed by atoms with Crippen molar-refractivity contribution in [1.29, 1.82) is 5.26 Å². The molecule has 31 heavy (non-hydrogen) atoms. The van der Waals surface area contributed by atoms with Gasteiger partial charge >= 0.3 is 0 Å². The van der Waals surface area contributed by atoms with E-state index in [0.29, 0.717) is 22.5 Å². The molecule has 0 saturated heterocycles. The SMILES string of the molecule is Cc1ccc(-c2ccc(C3NC(=O)C(C#N)=C(S)N3c3ccc(C(C)C)cc3)o2)cc1. The number of nitrogens with zero attached hydrogens (tertiary/aromatic N) is 2. The second-order valence-electron chi connectivity index (χ2n) is 7.87. The number of anilines is 1. The van der Waals surface area contributed by atoms with Crippen LogP contribution in [0.25, 0.3) is 11.3 Å². The lowest BCUT2D eigenvalue weighted by Crippen LogP contribution is -2.45. The topological polar surface area (TPSA) is 69.3 Å². The van der Waals surface area contributed by atoms with Crippen LogP contribution in [0.3, 0.4) is 0 Å². The Morgan fingerprint density at radius 3 is 2.35 bits per heavy atom. The molecule has 1 N–H and O–H groups in total. The smallest absolute Gasteiger partial charge is 0.266 e. The van der Waals surface area contributed by atoms with Gasteiger partial charge in [-0.2, -0.15) is 5.26 Å². The fraction of sp³-hybridized carbons (Fsp3) is 0.200. The van der Waals surface area contributed by atoms with Crippen LogP contribution in [-0.2, 0) is 4.79 Å². The summed E-state index contributed by atoms with van der Waals surface area (Å²) >= 11 is 4.55. The number of nitrogens with one attached hydrogen (secondary N) is 1. The van der Waals surface area contributed by atoms with Gasteiger partial charge in [0, 0.05) is 11.3 Å². The molecular formula is C25H23N3O2S. The molecule has 0 fully saturated rings. The molecule has 0 spiro atoms. The van der Waals surface area contributed by atoms with Gasteiger partial charge in [-0.05, 0) is 42.7 Å². The Balaban J connectivity index is 1.76. The maximum absolute atomic E-state index is 12.5. The first-order valence-corrected chi connectivity index (χ1v) is 10.5. The zero-order valence-electron chi connectivity index (χ0n) is 17.6. The molecule has 1 aliphatic rings. The quantitative estimate of drug-likeness (QED) is 0.524. The van der Waals surface area contributed by atoms with E-state index in [-0.39, 0.29) is 5.57 Å². The van der Waals surface area contributed by atoms with Crippen molar-refractivity contribution in [2.75, 3.05) is 4.90 Å². The zero-order valence-corrected chi connectivity index (χ0v) is 18.5. The average Bonchev–Trinajstić information content (AvgIpc) is 3.24. The third-order valence-corrected chi connectivity index (χ3v) is 5.83. The Morgan fingerprint density at radius 2 is 1.74 bits per heavy atom. The first-order valence-electron chi connectivity index (χ1n) is 10.1. The first kappa shape index (κ1) is 20.8. The fourth-order valence-corrected chi connectivity index (χ4v) is 3.95. The molecule has 1 atom stereocenters. The summed E-state index contributed by atoms with van der Waals surface area (Å²) in [6.07, 6.45) is -0.624. The number of aryl methyl sites for hydroxylation is 1. The maximum atomic E-state index is 12.5. The molecule has 0 radical (unpaired) electrons. The molecule has 5 nitrogen and oxygen atoms in total. The number of thiol groups is 1. The summed E-state index contributed by atoms with van der Waals surface area (Å²) in [4.78, 5) is 14.4. The third-order valence-electron chi connectivity index (χ3n) is 5.39. The summed E-state index contributed by atoms with van der Waals surface area (Å²) in [5, 5.41) is 12.7. The molecule has 0 bridgehead atoms. The Labute approximate surface area is 187 Å². The lowest BCUT2D eigenvalue weighted by molar-refractivity contribution is -0.118. The predicted octanol–water partition coefficient (Wildman–Crippen LogP) is 5.68. The number of hydrogen-bond acceptors (Lipinski definition) is 5. The Hall–Kier alpha value is -3.43. The van der Waals surface area contributed by atoms with E-state index in [1.807, 2.05) is 78.6 Å². The van der Waals surface area contributed by atoms with Crippen LogP contribution in [0.1, 0.15) is 42.8 Å². The molecule has 6 heteroatoms. The fourth-order valence-electron chi connectivity index (χ4n) is 3.57. The van der Waals surface area contributed by atoms with E-state index < -0.39 is 12.1 Å². The number of carbonyl (C=O) groups excluding carboxylic acids is 1. The summed E-state index contributed by atoms with van der Waals surface area (Å²) < 4.78 is 6.13. The third kappa shape index (κ3) is 3.97. The van der Waals surface area contributed by atoms with E-state index in [4.69, 9.17) is 4.42 Å². The lowest BCUT2D eigenvalue weighted by Gasteiger charge is -2.36. The van der Waals surface area contributed by atoms with Gasteiger partial charge in [-0.3, -0.25) is 4.79 Å². The van der Waals surface area contributed by atoms with Crippen molar-refractivity contribution in [2.24, 2.45) is 0 Å². The van der Waals surface area contributed by atoms with Gasteiger partial charge in [-0.25, -0.2) is 0 Å². The maximum Gasteiger partial charge on any atom is 0.266 e. The minimum Gasteiger partial charge on any atom is -0.457 e. The van der Waals surface area contributed by atoms with Crippen molar-refractivity contribution in [1.82, 2.24) is 5.32 Å². The van der Waals surface area contributed by atoms with Gasteiger partial charge in [0.2, 0.25) is 0 Å². The minimum absolute atomic E-state index is 0.0298. The molecule has 3 aromatic rings. The molecule has 0 saturated carbocycles. The number of benzene rings is 2. The normalized spacial score (nSPS) is 16.5. The number of hydrogen-bond donors (Lipinski definition) is 2. The Bertz CT molecular complexity index is 1180. The summed E-state index contributed by atoms with van der Waals surface area (Å²) in [5.74, 6) is 1.19. The van der Waals surface area contributed by atoms with Gasteiger partial charge in [-0.15, -0.1) is 12.6 Å². The van der Waals surface area contributed by atoms with Crippen molar-refractivity contribution in [3.05, 3.63) is 88.2 Å². The number of furan rings is 1. The van der Waals surface area contributed by atoms with Crippen LogP contribution in [0, 0.1) is 18.3 Å². The van der Waals surface area contributed by atoms with Crippen LogP contribution < -0.4 is 10.2 Å². The van der Waals surface area contributed by atoms with Crippen molar-refractivity contribution >= 4 is 24.2 Å². The summed E-state index contributed by atoms with van der Waals surface area (Å²) in [5.41, 5.74) is 4.09. The predicted molar refractivity (Wildman–Crippen MR) is 124 cm³/mol. The Kier molecular flexibility index (Phi) is 5.62. The largest absolute Gasteiger partial charge is 0.457 e. The summed E-state index contributed by atoms with van der Waals surface area (Å²) in [6.45, 7) is 6.29. The monoisotopic (exact) mass is 429 g/mol. The van der Waals surface area contributed by atoms with Gasteiger partial charge < -0.3 is 14.6 Å². The molecule has 1 aromatic heterocycles. The van der Waals surface area contributed by atoms with E-state index in [0.717, 1.165) is 11.3 Å². The van der Waals surface area contributed by atoms with Crippen molar-refractivity contribution in [3.63, 3.8) is 0 Å². The van der Waals surface area contributed by atoms with Crippen molar-refractivity contribution in [3.8, 4) is 17.4 Å². The zero-order chi connectivity index (χ0) is 22.1. The van der Waals surface area contributed by atoms with Crippen LogP contribution in [-0.4, -0.2) is 5.91 Å². The summed E-state index contributed by atoms with van der Waals surface area (Å²) in [6, 6.07) is 21.7. The van der Waals surface area contributed by atoms with Crippen LogP contribution in [0.4, 0.5) is 5.69 Å². The standard InChI is InChI=1S/C25H23N3O2S/c1-15(2)17-8-10-19(11-9-17)28-23(27-24(29)20(14-26)25(28)31)22-13-12-21(30-22)18-6-4-16(3)5-7-18/h4-13,15,23,31H,1-3H3,(H,27,29). The second kappa shape index (κ2) is 8.37. The van der Waals surface area contributed by atoms with E-state index >= 15 is 0 Å². The van der Waals surface area contributed by atoms with Gasteiger partial charge in [0.05, 0.1) is 5.03 Å². The molecular weight excluding hydrogens is 406 g/mol. The minimum atomic E-state index is -0.624. The summed E-state index contributed by atoms with van der Waals surface area (Å²) in [7, 11) is 0. The van der Waals surface area contributed by atoms with E-state index in [1.165, 1.54) is 11.1 Å². The molecule has 2 heterocycles. The second-order valence-corrected chi connectivity index (χ2v) is 8.29. The molecule has 1 aliphatic heterocycles. The molecule has 4 rings (SSSR count). The highest BCUT2D eigenvalue weighted by atomic mass is 32.1. The van der Waals surface area contributed by atoms with E-state index in [1.54, 1.807) is 0 Å². The first-order chi connectivity index (χ1) is 14.9. The van der Waals surface area contributed by atoms with E-state index in [9.17, 15) is 10.1 Å².